The van der Waals surface area contributed by atoms with Gasteiger partial charge in [-0.25, -0.2) is 0 Å². The molecule has 13 heavy (non-hydrogen) atoms. The average Bonchev–Trinajstić information content (AvgIpc) is 2.16. The van der Waals surface area contributed by atoms with Gasteiger partial charge in [0.2, 0.25) is 0 Å². The highest BCUT2D eigenvalue weighted by atomic mass is 14.8. The number of nitrogens with one attached hydrogen (secondary N) is 1. The second-order valence-corrected chi connectivity index (χ2v) is 3.35. The van der Waals surface area contributed by atoms with E-state index in [1.165, 1.54) is 11.1 Å². The zero-order valence-corrected chi connectivity index (χ0v) is 8.54. The van der Waals surface area contributed by atoms with Gasteiger partial charge < -0.3 is 5.32 Å². The smallest absolute Gasteiger partial charge is 0.0221 e. The summed E-state index contributed by atoms with van der Waals surface area (Å²) in [6.07, 6.45) is 4.30. The minimum Gasteiger partial charge on any atom is -0.314 e. The Balaban J connectivity index is 2.64. The molecule has 0 amide bonds. The maximum Gasteiger partial charge on any atom is 0.0221 e. The zero-order valence-electron chi connectivity index (χ0n) is 8.54. The highest BCUT2D eigenvalue weighted by Crippen LogP contribution is 2.05. The molecule has 0 aliphatic carbocycles. The Bertz CT molecular complexity index is 272. The normalized spacial score (nSPS) is 13.5. The molecule has 1 unspecified atom stereocenters. The van der Waals surface area contributed by atoms with Crippen LogP contribution in [-0.4, -0.2) is 13.1 Å². The minimum atomic E-state index is 0.432. The van der Waals surface area contributed by atoms with Gasteiger partial charge in [0, 0.05) is 6.04 Å². The van der Waals surface area contributed by atoms with Crippen LogP contribution in [0, 0.1) is 6.92 Å². The number of aryl methyl sites for hydroxylation is 1. The number of hydrogen-bond donors (Lipinski definition) is 1. The maximum absolute atomic E-state index is 3.16. The van der Waals surface area contributed by atoms with Gasteiger partial charge in [-0.15, -0.1) is 0 Å². The lowest BCUT2D eigenvalue weighted by atomic mass is 10.1. The topological polar surface area (TPSA) is 12.0 Å². The Morgan fingerprint density at radius 2 is 1.85 bits per heavy atom. The van der Waals surface area contributed by atoms with E-state index in [0.29, 0.717) is 6.04 Å². The summed E-state index contributed by atoms with van der Waals surface area (Å²) in [5.74, 6) is 0. The fourth-order valence-electron chi connectivity index (χ4n) is 1.03. The van der Waals surface area contributed by atoms with Gasteiger partial charge in [0.05, 0.1) is 0 Å². The summed E-state index contributed by atoms with van der Waals surface area (Å²) in [4.78, 5) is 0. The van der Waals surface area contributed by atoms with Crippen LogP contribution in [0.4, 0.5) is 0 Å². The largest absolute Gasteiger partial charge is 0.314 e. The van der Waals surface area contributed by atoms with Crippen molar-refractivity contribution in [2.45, 2.75) is 19.9 Å². The molecule has 0 heterocycles. The monoisotopic (exact) mass is 175 g/mol. The molecule has 0 bridgehead atoms. The van der Waals surface area contributed by atoms with E-state index in [-0.39, 0.29) is 0 Å². The summed E-state index contributed by atoms with van der Waals surface area (Å²) < 4.78 is 0. The second kappa shape index (κ2) is 4.83. The van der Waals surface area contributed by atoms with Crippen molar-refractivity contribution >= 4 is 6.08 Å². The third kappa shape index (κ3) is 3.43. The van der Waals surface area contributed by atoms with Crippen LogP contribution in [0.15, 0.2) is 30.3 Å². The number of likely N-dealkylation sites (N-methyl/N-ethyl adjacent to an activating group) is 1. The van der Waals surface area contributed by atoms with Crippen LogP contribution < -0.4 is 5.32 Å². The molecule has 1 rings (SSSR count). The quantitative estimate of drug-likeness (QED) is 0.744. The van der Waals surface area contributed by atoms with Gasteiger partial charge in [-0.2, -0.15) is 0 Å². The molecule has 0 fully saturated rings. The van der Waals surface area contributed by atoms with Crippen LogP contribution in [0.2, 0.25) is 0 Å². The van der Waals surface area contributed by atoms with Gasteiger partial charge >= 0.3 is 0 Å². The molecule has 0 spiro atoms. The van der Waals surface area contributed by atoms with Crippen molar-refractivity contribution in [2.24, 2.45) is 0 Å². The van der Waals surface area contributed by atoms with Gasteiger partial charge in [-0.3, -0.25) is 0 Å². The molecule has 1 atom stereocenters. The number of rotatable bonds is 3. The van der Waals surface area contributed by atoms with Crippen molar-refractivity contribution in [3.63, 3.8) is 0 Å². The number of benzene rings is 1. The van der Waals surface area contributed by atoms with Crippen LogP contribution >= 0.6 is 0 Å². The first kappa shape index (κ1) is 10.0. The first-order chi connectivity index (χ1) is 6.22. The first-order valence-electron chi connectivity index (χ1n) is 4.64. The van der Waals surface area contributed by atoms with Gasteiger partial charge in [-0.1, -0.05) is 42.0 Å². The van der Waals surface area contributed by atoms with Crippen molar-refractivity contribution in [3.05, 3.63) is 41.5 Å². The molecule has 0 aromatic heterocycles. The van der Waals surface area contributed by atoms with Crippen molar-refractivity contribution < 1.29 is 0 Å². The van der Waals surface area contributed by atoms with E-state index >= 15 is 0 Å². The van der Waals surface area contributed by atoms with Crippen LogP contribution in [0.5, 0.6) is 0 Å². The fourth-order valence-corrected chi connectivity index (χ4v) is 1.03. The predicted octanol–water partition coefficient (Wildman–Crippen LogP) is 2.62. The molecule has 0 saturated heterocycles. The molecule has 0 saturated carbocycles. The Kier molecular flexibility index (Phi) is 3.71. The molecule has 1 aromatic carbocycles. The van der Waals surface area contributed by atoms with Crippen molar-refractivity contribution in [1.29, 1.82) is 0 Å². The zero-order chi connectivity index (χ0) is 9.68. The van der Waals surface area contributed by atoms with E-state index in [0.717, 1.165) is 0 Å². The van der Waals surface area contributed by atoms with Crippen LogP contribution in [0.1, 0.15) is 18.1 Å². The van der Waals surface area contributed by atoms with Crippen LogP contribution in [0.3, 0.4) is 0 Å². The summed E-state index contributed by atoms with van der Waals surface area (Å²) in [7, 11) is 1.96. The Morgan fingerprint density at radius 3 is 2.38 bits per heavy atom. The molecule has 1 aromatic rings. The van der Waals surface area contributed by atoms with E-state index in [9.17, 15) is 0 Å². The Hall–Kier alpha value is -1.08. The summed E-state index contributed by atoms with van der Waals surface area (Å²) >= 11 is 0. The van der Waals surface area contributed by atoms with Gasteiger partial charge in [-0.05, 0) is 26.5 Å². The summed E-state index contributed by atoms with van der Waals surface area (Å²) in [5, 5.41) is 3.16. The molecular formula is C12H17N. The van der Waals surface area contributed by atoms with E-state index < -0.39 is 0 Å². The fraction of sp³-hybridized carbons (Fsp3) is 0.333. The molecular weight excluding hydrogens is 158 g/mol. The Labute approximate surface area is 80.5 Å². The lowest BCUT2D eigenvalue weighted by Gasteiger charge is -2.02. The predicted molar refractivity (Wildman–Crippen MR) is 58.7 cm³/mol. The Morgan fingerprint density at radius 1 is 1.23 bits per heavy atom. The SMILES string of the molecule is CNC(C)/C=C/c1ccc(C)cc1. The molecule has 70 valence electrons. The summed E-state index contributed by atoms with van der Waals surface area (Å²) in [6.45, 7) is 4.23. The van der Waals surface area contributed by atoms with Crippen LogP contribution in [0.25, 0.3) is 6.08 Å². The molecule has 1 nitrogen and oxygen atoms in total. The van der Waals surface area contributed by atoms with E-state index in [2.05, 4.69) is 55.6 Å². The van der Waals surface area contributed by atoms with E-state index in [1.54, 1.807) is 0 Å². The molecule has 0 aliphatic heterocycles. The third-order valence-corrected chi connectivity index (χ3v) is 2.11. The van der Waals surface area contributed by atoms with Gasteiger partial charge in [0.15, 0.2) is 0 Å². The van der Waals surface area contributed by atoms with Crippen LogP contribution in [-0.2, 0) is 0 Å². The van der Waals surface area contributed by atoms with E-state index in [1.807, 2.05) is 7.05 Å². The lowest BCUT2D eigenvalue weighted by molar-refractivity contribution is 0.731. The maximum atomic E-state index is 3.16. The first-order valence-corrected chi connectivity index (χ1v) is 4.64. The summed E-state index contributed by atoms with van der Waals surface area (Å²) in [5.41, 5.74) is 2.56. The third-order valence-electron chi connectivity index (χ3n) is 2.11. The second-order valence-electron chi connectivity index (χ2n) is 3.35. The number of hydrogen-bond acceptors (Lipinski definition) is 1. The van der Waals surface area contributed by atoms with Gasteiger partial charge in [0.1, 0.15) is 0 Å². The summed E-state index contributed by atoms with van der Waals surface area (Å²) in [6, 6.07) is 8.96. The van der Waals surface area contributed by atoms with Crippen molar-refractivity contribution in [3.8, 4) is 0 Å². The molecule has 0 aliphatic rings. The average molecular weight is 175 g/mol. The van der Waals surface area contributed by atoms with Crippen molar-refractivity contribution in [2.75, 3.05) is 7.05 Å². The van der Waals surface area contributed by atoms with Gasteiger partial charge in [0.25, 0.3) is 0 Å². The highest BCUT2D eigenvalue weighted by Gasteiger charge is 1.90. The highest BCUT2D eigenvalue weighted by molar-refractivity contribution is 5.50. The molecule has 1 heteroatoms. The van der Waals surface area contributed by atoms with Crippen molar-refractivity contribution in [1.82, 2.24) is 5.32 Å². The molecule has 0 radical (unpaired) electrons. The lowest BCUT2D eigenvalue weighted by Crippen LogP contribution is -2.17. The van der Waals surface area contributed by atoms with E-state index in [4.69, 9.17) is 0 Å². The minimum absolute atomic E-state index is 0.432. The standard InChI is InChI=1S/C12H17N/c1-10-4-7-12(8-5-10)9-6-11(2)13-3/h4-9,11,13H,1-3H3/b9-6+. The molecule has 1 N–H and O–H groups in total.